The molecular formula is C31H37F3N8S. The van der Waals surface area contributed by atoms with Crippen LogP contribution in [0.5, 0.6) is 0 Å². The van der Waals surface area contributed by atoms with Gasteiger partial charge in [0.2, 0.25) is 0 Å². The van der Waals surface area contributed by atoms with Gasteiger partial charge in [-0.2, -0.15) is 18.4 Å². The highest BCUT2D eigenvalue weighted by molar-refractivity contribution is 7.18. The summed E-state index contributed by atoms with van der Waals surface area (Å²) in [5.74, 6) is 0.610. The zero-order chi connectivity index (χ0) is 30.1. The molecule has 2 N–H and O–H groups in total. The molecule has 12 heteroatoms. The van der Waals surface area contributed by atoms with Crippen LogP contribution in [-0.2, 0) is 19.5 Å². The van der Waals surface area contributed by atoms with Crippen LogP contribution in [0.2, 0.25) is 0 Å². The molecule has 2 fully saturated rings. The molecular weight excluding hydrogens is 573 g/mol. The molecule has 0 spiro atoms. The fourth-order valence-corrected chi connectivity index (χ4v) is 7.48. The van der Waals surface area contributed by atoms with Crippen LogP contribution in [0, 0.1) is 18.3 Å². The van der Waals surface area contributed by atoms with Crippen LogP contribution in [0.1, 0.15) is 41.5 Å². The van der Waals surface area contributed by atoms with E-state index in [4.69, 9.17) is 0 Å². The van der Waals surface area contributed by atoms with E-state index in [1.54, 1.807) is 6.07 Å². The van der Waals surface area contributed by atoms with Crippen molar-refractivity contribution in [2.75, 3.05) is 44.6 Å². The molecule has 2 aliphatic heterocycles. The molecule has 228 valence electrons. The van der Waals surface area contributed by atoms with Crippen LogP contribution < -0.4 is 10.6 Å². The molecule has 3 aromatic heterocycles. The molecule has 2 saturated heterocycles. The lowest BCUT2D eigenvalue weighted by Gasteiger charge is -2.33. The smallest absolute Gasteiger partial charge is 0.367 e. The number of fused-ring (bicyclic) bond motifs is 2. The summed E-state index contributed by atoms with van der Waals surface area (Å²) in [7, 11) is 0. The average molecular weight is 611 g/mol. The number of nitrogens with one attached hydrogen (secondary N) is 2. The van der Waals surface area contributed by atoms with E-state index in [1.807, 2.05) is 6.07 Å². The molecule has 0 unspecified atom stereocenters. The summed E-state index contributed by atoms with van der Waals surface area (Å²) < 4.78 is 40.9. The van der Waals surface area contributed by atoms with Crippen LogP contribution in [0.3, 0.4) is 0 Å². The van der Waals surface area contributed by atoms with Crippen molar-refractivity contribution in [3.8, 4) is 6.07 Å². The molecule has 0 aliphatic carbocycles. The number of benzene rings is 1. The van der Waals surface area contributed by atoms with Gasteiger partial charge in [0.05, 0.1) is 11.8 Å². The summed E-state index contributed by atoms with van der Waals surface area (Å²) in [5, 5.41) is 18.7. The molecule has 1 aromatic carbocycles. The summed E-state index contributed by atoms with van der Waals surface area (Å²) >= 11 is 1.07. The number of halogens is 3. The SMILES string of the molecule is Cc1c(CN2CCC(Nc3ncnc4sc(CC(F)(F)F)cc34)CC2)ccc2c1cc(C#N)n2CCN1CCN[C@@H](C)C1. The molecule has 8 nitrogen and oxygen atoms in total. The third-order valence-electron chi connectivity index (χ3n) is 8.75. The molecule has 1 atom stereocenters. The molecule has 2 aliphatic rings. The van der Waals surface area contributed by atoms with Crippen molar-refractivity contribution in [2.45, 2.75) is 64.5 Å². The maximum absolute atomic E-state index is 12.9. The summed E-state index contributed by atoms with van der Waals surface area (Å²) in [6.07, 6.45) is -1.96. The van der Waals surface area contributed by atoms with Crippen molar-refractivity contribution in [3.05, 3.63) is 52.3 Å². The molecule has 0 amide bonds. The zero-order valence-electron chi connectivity index (χ0n) is 24.5. The van der Waals surface area contributed by atoms with Gasteiger partial charge in [-0.15, -0.1) is 11.3 Å². The second kappa shape index (κ2) is 12.4. The first kappa shape index (κ1) is 29.8. The Balaban J connectivity index is 1.08. The third kappa shape index (κ3) is 6.80. The minimum absolute atomic E-state index is 0.190. The molecule has 43 heavy (non-hydrogen) atoms. The first-order valence-corrected chi connectivity index (χ1v) is 15.7. The first-order chi connectivity index (χ1) is 20.7. The molecule has 5 heterocycles. The number of anilines is 1. The number of rotatable bonds is 8. The van der Waals surface area contributed by atoms with Crippen molar-refractivity contribution < 1.29 is 13.2 Å². The fraction of sp³-hybridized carbons (Fsp3) is 0.516. The normalized spacial score (nSPS) is 19.3. The highest BCUT2D eigenvalue weighted by atomic mass is 32.1. The summed E-state index contributed by atoms with van der Waals surface area (Å²) in [4.78, 5) is 14.3. The lowest BCUT2D eigenvalue weighted by Crippen LogP contribution is -2.49. The predicted molar refractivity (Wildman–Crippen MR) is 164 cm³/mol. The lowest BCUT2D eigenvalue weighted by atomic mass is 10.0. The van der Waals surface area contributed by atoms with E-state index in [1.165, 1.54) is 17.5 Å². The van der Waals surface area contributed by atoms with Crippen molar-refractivity contribution in [2.24, 2.45) is 0 Å². The van der Waals surface area contributed by atoms with E-state index in [0.717, 1.165) is 87.4 Å². The van der Waals surface area contributed by atoms with Gasteiger partial charge in [0.1, 0.15) is 28.7 Å². The quantitative estimate of drug-likeness (QED) is 0.280. The predicted octanol–water partition coefficient (Wildman–Crippen LogP) is 5.30. The Morgan fingerprint density at radius 2 is 1.91 bits per heavy atom. The van der Waals surface area contributed by atoms with Gasteiger partial charge in [0.15, 0.2) is 0 Å². The number of hydrogen-bond donors (Lipinski definition) is 2. The number of nitrogens with zero attached hydrogens (tertiary/aromatic N) is 6. The van der Waals surface area contributed by atoms with E-state index >= 15 is 0 Å². The topological polar surface area (TPSA) is 85.0 Å². The van der Waals surface area contributed by atoms with Gasteiger partial charge in [0.25, 0.3) is 0 Å². The largest absolute Gasteiger partial charge is 0.393 e. The molecule has 0 radical (unpaired) electrons. The Morgan fingerprint density at radius 3 is 2.65 bits per heavy atom. The van der Waals surface area contributed by atoms with Gasteiger partial charge >= 0.3 is 6.18 Å². The Kier molecular flexibility index (Phi) is 8.60. The van der Waals surface area contributed by atoms with Crippen molar-refractivity contribution in [3.63, 3.8) is 0 Å². The van der Waals surface area contributed by atoms with Crippen molar-refractivity contribution in [1.29, 1.82) is 5.26 Å². The van der Waals surface area contributed by atoms with Crippen LogP contribution in [0.4, 0.5) is 19.0 Å². The van der Waals surface area contributed by atoms with Crippen LogP contribution in [0.15, 0.2) is 30.6 Å². The molecule has 4 aromatic rings. The lowest BCUT2D eigenvalue weighted by molar-refractivity contribution is -0.126. The number of aryl methyl sites for hydroxylation is 1. The summed E-state index contributed by atoms with van der Waals surface area (Å²) in [6, 6.07) is 11.1. The average Bonchev–Trinajstić information content (AvgIpc) is 3.55. The number of alkyl halides is 3. The van der Waals surface area contributed by atoms with Crippen LogP contribution in [0.25, 0.3) is 21.1 Å². The van der Waals surface area contributed by atoms with Crippen LogP contribution in [-0.4, -0.2) is 81.9 Å². The Hall–Kier alpha value is -3.24. The Bertz CT molecular complexity index is 1630. The monoisotopic (exact) mass is 610 g/mol. The zero-order valence-corrected chi connectivity index (χ0v) is 25.4. The number of thiophene rings is 1. The molecule has 0 bridgehead atoms. The van der Waals surface area contributed by atoms with Gasteiger partial charge in [-0.05, 0) is 56.0 Å². The summed E-state index contributed by atoms with van der Waals surface area (Å²) in [6.45, 7) is 11.8. The maximum atomic E-state index is 12.9. The molecule has 6 rings (SSSR count). The molecule has 0 saturated carbocycles. The van der Waals surface area contributed by atoms with E-state index in [9.17, 15) is 18.4 Å². The second-order valence-corrected chi connectivity index (χ2v) is 13.0. The van der Waals surface area contributed by atoms with E-state index in [2.05, 4.69) is 67.0 Å². The van der Waals surface area contributed by atoms with Gasteiger partial charge in [0, 0.05) is 80.2 Å². The van der Waals surface area contributed by atoms with Crippen molar-refractivity contribution in [1.82, 2.24) is 29.7 Å². The van der Waals surface area contributed by atoms with Gasteiger partial charge in [-0.25, -0.2) is 9.97 Å². The van der Waals surface area contributed by atoms with E-state index < -0.39 is 12.6 Å². The maximum Gasteiger partial charge on any atom is 0.393 e. The number of hydrogen-bond acceptors (Lipinski definition) is 8. The number of nitriles is 1. The minimum atomic E-state index is -4.25. The Labute approximate surface area is 253 Å². The third-order valence-corrected chi connectivity index (χ3v) is 9.79. The number of piperazine rings is 1. The first-order valence-electron chi connectivity index (χ1n) is 14.9. The minimum Gasteiger partial charge on any atom is -0.367 e. The standard InChI is InChI=1S/C31H37F3N8S/c1-20-17-41(10-7-36-20)11-12-42-24(16-35)13-26-21(2)22(3-4-28(26)42)18-40-8-5-23(6-9-40)39-29-27-14-25(15-31(32,33)34)43-30(27)38-19-37-29/h3-4,13-14,19-20,23,36H,5-12,15,17-18H2,1-2H3,(H,37,38,39)/t20-/m0/s1. The van der Waals surface area contributed by atoms with Gasteiger partial charge < -0.3 is 15.2 Å². The summed E-state index contributed by atoms with van der Waals surface area (Å²) in [5.41, 5.74) is 4.32. The second-order valence-electron chi connectivity index (χ2n) is 11.9. The van der Waals surface area contributed by atoms with E-state index in [-0.39, 0.29) is 10.9 Å². The highest BCUT2D eigenvalue weighted by Gasteiger charge is 2.29. The number of piperidine rings is 1. The number of likely N-dealkylation sites (tertiary alicyclic amines) is 1. The van der Waals surface area contributed by atoms with Gasteiger partial charge in [-0.3, -0.25) is 9.80 Å². The number of aromatic nitrogens is 3. The van der Waals surface area contributed by atoms with Crippen molar-refractivity contribution >= 4 is 38.3 Å². The Morgan fingerprint density at radius 1 is 1.09 bits per heavy atom. The highest BCUT2D eigenvalue weighted by Crippen LogP contribution is 2.33. The fourth-order valence-electron chi connectivity index (χ4n) is 6.46. The van der Waals surface area contributed by atoms with Gasteiger partial charge in [-0.1, -0.05) is 6.07 Å². The van der Waals surface area contributed by atoms with E-state index in [0.29, 0.717) is 27.8 Å². The van der Waals surface area contributed by atoms with Crippen LogP contribution >= 0.6 is 11.3 Å².